The zero-order chi connectivity index (χ0) is 14.9. The molecule has 2 aliphatic rings. The quantitative estimate of drug-likeness (QED) is 0.881. The largest absolute Gasteiger partial charge is 0.315 e. The van der Waals surface area contributed by atoms with E-state index in [2.05, 4.69) is 10.2 Å². The van der Waals surface area contributed by atoms with E-state index in [1.165, 1.54) is 28.6 Å². The van der Waals surface area contributed by atoms with Gasteiger partial charge in [0.15, 0.2) is 0 Å². The molecule has 8 heteroatoms. The number of halogens is 2. The Balaban J connectivity index is 0.00000176. The fourth-order valence-electron chi connectivity index (χ4n) is 3.02. The molecule has 0 radical (unpaired) electrons. The average molecular weight is 350 g/mol. The summed E-state index contributed by atoms with van der Waals surface area (Å²) in [7, 11) is -3.50. The standard InChI is InChI=1S/C14H20FN3O2S.ClH/c15-12-1-3-14(4-2-12)21(19,20)18-9-7-17(8-10-18)13-5-6-16-11-13;/h1-4,13,16H,5-11H2;1H. The van der Waals surface area contributed by atoms with E-state index in [1.807, 2.05) is 0 Å². The Morgan fingerprint density at radius 3 is 2.27 bits per heavy atom. The van der Waals surface area contributed by atoms with Crippen molar-refractivity contribution in [1.29, 1.82) is 0 Å². The molecule has 0 saturated carbocycles. The molecular weight excluding hydrogens is 329 g/mol. The second-order valence-electron chi connectivity index (χ2n) is 5.54. The first kappa shape index (κ1) is 17.6. The molecule has 0 spiro atoms. The minimum absolute atomic E-state index is 0. The highest BCUT2D eigenvalue weighted by Gasteiger charge is 2.31. The zero-order valence-corrected chi connectivity index (χ0v) is 13.9. The van der Waals surface area contributed by atoms with E-state index in [9.17, 15) is 12.8 Å². The van der Waals surface area contributed by atoms with Crippen molar-refractivity contribution in [3.05, 3.63) is 30.1 Å². The van der Waals surface area contributed by atoms with Gasteiger partial charge in [0, 0.05) is 38.8 Å². The van der Waals surface area contributed by atoms with Gasteiger partial charge in [-0.3, -0.25) is 4.90 Å². The van der Waals surface area contributed by atoms with Crippen LogP contribution in [-0.2, 0) is 10.0 Å². The second kappa shape index (κ2) is 7.23. The van der Waals surface area contributed by atoms with Crippen LogP contribution in [0.1, 0.15) is 6.42 Å². The van der Waals surface area contributed by atoms with Crippen LogP contribution in [0.5, 0.6) is 0 Å². The van der Waals surface area contributed by atoms with Gasteiger partial charge in [-0.2, -0.15) is 4.31 Å². The molecule has 124 valence electrons. The van der Waals surface area contributed by atoms with Crippen LogP contribution in [0, 0.1) is 5.82 Å². The summed E-state index contributed by atoms with van der Waals surface area (Å²) in [4.78, 5) is 2.52. The first-order chi connectivity index (χ1) is 10.1. The topological polar surface area (TPSA) is 52.7 Å². The lowest BCUT2D eigenvalue weighted by molar-refractivity contribution is 0.145. The van der Waals surface area contributed by atoms with Gasteiger partial charge in [-0.25, -0.2) is 12.8 Å². The lowest BCUT2D eigenvalue weighted by Gasteiger charge is -2.37. The molecule has 1 N–H and O–H groups in total. The van der Waals surface area contributed by atoms with E-state index in [-0.39, 0.29) is 17.3 Å². The predicted octanol–water partition coefficient (Wildman–Crippen LogP) is 0.916. The van der Waals surface area contributed by atoms with Crippen LogP contribution in [0.15, 0.2) is 29.2 Å². The molecular formula is C14H21ClFN3O2S. The first-order valence-electron chi connectivity index (χ1n) is 7.28. The van der Waals surface area contributed by atoms with Crippen molar-refractivity contribution in [3.63, 3.8) is 0 Å². The molecule has 2 aliphatic heterocycles. The Morgan fingerprint density at radius 1 is 1.09 bits per heavy atom. The van der Waals surface area contributed by atoms with E-state index < -0.39 is 15.8 Å². The van der Waals surface area contributed by atoms with Crippen LogP contribution in [0.4, 0.5) is 4.39 Å². The summed E-state index contributed by atoms with van der Waals surface area (Å²) in [6.45, 7) is 4.54. The Bertz CT molecular complexity index is 583. The molecule has 2 saturated heterocycles. The monoisotopic (exact) mass is 349 g/mol. The van der Waals surface area contributed by atoms with Gasteiger partial charge >= 0.3 is 0 Å². The van der Waals surface area contributed by atoms with E-state index in [1.54, 1.807) is 0 Å². The Hall–Kier alpha value is -0.730. The van der Waals surface area contributed by atoms with E-state index >= 15 is 0 Å². The molecule has 2 fully saturated rings. The molecule has 5 nitrogen and oxygen atoms in total. The highest BCUT2D eigenvalue weighted by atomic mass is 35.5. The maximum atomic E-state index is 12.9. The van der Waals surface area contributed by atoms with Crippen LogP contribution < -0.4 is 5.32 Å². The number of benzene rings is 1. The molecule has 1 unspecified atom stereocenters. The molecule has 0 amide bonds. The molecule has 0 aromatic heterocycles. The summed E-state index contributed by atoms with van der Waals surface area (Å²) in [6.07, 6.45) is 1.13. The van der Waals surface area contributed by atoms with Crippen molar-refractivity contribution in [2.24, 2.45) is 0 Å². The predicted molar refractivity (Wildman–Crippen MR) is 85.3 cm³/mol. The van der Waals surface area contributed by atoms with Gasteiger partial charge in [0.2, 0.25) is 10.0 Å². The molecule has 2 heterocycles. The average Bonchev–Trinajstić information content (AvgIpc) is 3.02. The summed E-state index contributed by atoms with van der Waals surface area (Å²) in [5, 5.41) is 3.33. The first-order valence-corrected chi connectivity index (χ1v) is 8.72. The molecule has 22 heavy (non-hydrogen) atoms. The van der Waals surface area contributed by atoms with Crippen molar-refractivity contribution in [2.45, 2.75) is 17.4 Å². The highest BCUT2D eigenvalue weighted by Crippen LogP contribution is 2.19. The minimum Gasteiger partial charge on any atom is -0.315 e. The van der Waals surface area contributed by atoms with E-state index in [0.29, 0.717) is 19.1 Å². The third kappa shape index (κ3) is 3.60. The van der Waals surface area contributed by atoms with Crippen molar-refractivity contribution in [3.8, 4) is 0 Å². The molecule has 1 aromatic rings. The Kier molecular flexibility index (Phi) is 5.79. The maximum absolute atomic E-state index is 12.9. The fraction of sp³-hybridized carbons (Fsp3) is 0.571. The van der Waals surface area contributed by atoms with Crippen LogP contribution in [0.25, 0.3) is 0 Å². The second-order valence-corrected chi connectivity index (χ2v) is 7.48. The van der Waals surface area contributed by atoms with Crippen LogP contribution >= 0.6 is 12.4 Å². The lowest BCUT2D eigenvalue weighted by Crippen LogP contribution is -2.52. The number of nitrogens with one attached hydrogen (secondary N) is 1. The number of hydrogen-bond acceptors (Lipinski definition) is 4. The van der Waals surface area contributed by atoms with Crippen molar-refractivity contribution >= 4 is 22.4 Å². The highest BCUT2D eigenvalue weighted by molar-refractivity contribution is 7.89. The summed E-state index contributed by atoms with van der Waals surface area (Å²) in [5.41, 5.74) is 0. The third-order valence-corrected chi connectivity index (χ3v) is 6.19. The van der Waals surface area contributed by atoms with E-state index in [0.717, 1.165) is 32.6 Å². The summed E-state index contributed by atoms with van der Waals surface area (Å²) in [6, 6.07) is 5.57. The number of piperazine rings is 1. The molecule has 1 atom stereocenters. The Morgan fingerprint density at radius 2 is 1.73 bits per heavy atom. The normalized spacial score (nSPS) is 24.1. The summed E-state index contributed by atoms with van der Waals surface area (Å²) >= 11 is 0. The van der Waals surface area contributed by atoms with Gasteiger partial charge in [-0.05, 0) is 37.2 Å². The zero-order valence-electron chi connectivity index (χ0n) is 12.2. The van der Waals surface area contributed by atoms with Crippen molar-refractivity contribution in [2.75, 3.05) is 39.3 Å². The van der Waals surface area contributed by atoms with Crippen LogP contribution in [-0.4, -0.2) is 62.9 Å². The van der Waals surface area contributed by atoms with Crippen LogP contribution in [0.2, 0.25) is 0 Å². The summed E-state index contributed by atoms with van der Waals surface area (Å²) < 4.78 is 39.4. The molecule has 0 aliphatic carbocycles. The van der Waals surface area contributed by atoms with Crippen molar-refractivity contribution < 1.29 is 12.8 Å². The number of nitrogens with zero attached hydrogens (tertiary/aromatic N) is 2. The van der Waals surface area contributed by atoms with Gasteiger partial charge in [0.05, 0.1) is 4.90 Å². The van der Waals surface area contributed by atoms with Gasteiger partial charge in [-0.15, -0.1) is 12.4 Å². The van der Waals surface area contributed by atoms with E-state index in [4.69, 9.17) is 0 Å². The van der Waals surface area contributed by atoms with Crippen LogP contribution in [0.3, 0.4) is 0 Å². The number of hydrogen-bond donors (Lipinski definition) is 1. The molecule has 0 bridgehead atoms. The summed E-state index contributed by atoms with van der Waals surface area (Å²) in [5.74, 6) is -0.424. The number of rotatable bonds is 3. The fourth-order valence-corrected chi connectivity index (χ4v) is 4.44. The SMILES string of the molecule is Cl.O=S(=O)(c1ccc(F)cc1)N1CCN(C2CCNC2)CC1. The number of sulfonamides is 1. The Labute approximate surface area is 136 Å². The molecule has 1 aromatic carbocycles. The van der Waals surface area contributed by atoms with Gasteiger partial charge in [-0.1, -0.05) is 0 Å². The van der Waals surface area contributed by atoms with Gasteiger partial charge < -0.3 is 5.32 Å². The minimum atomic E-state index is -3.50. The third-order valence-electron chi connectivity index (χ3n) is 4.28. The van der Waals surface area contributed by atoms with Gasteiger partial charge in [0.1, 0.15) is 5.82 Å². The molecule has 3 rings (SSSR count). The van der Waals surface area contributed by atoms with Gasteiger partial charge in [0.25, 0.3) is 0 Å². The van der Waals surface area contributed by atoms with Crippen molar-refractivity contribution in [1.82, 2.24) is 14.5 Å². The lowest BCUT2D eigenvalue weighted by atomic mass is 10.2. The smallest absolute Gasteiger partial charge is 0.243 e. The maximum Gasteiger partial charge on any atom is 0.243 e.